The van der Waals surface area contributed by atoms with Gasteiger partial charge < -0.3 is 24.3 Å². The summed E-state index contributed by atoms with van der Waals surface area (Å²) in [5.41, 5.74) is 11.8. The molecule has 2 saturated carbocycles. The van der Waals surface area contributed by atoms with E-state index in [0.717, 1.165) is 81.2 Å². The van der Waals surface area contributed by atoms with Crippen molar-refractivity contribution in [1.29, 1.82) is 0 Å². The molecule has 8 aromatic carbocycles. The van der Waals surface area contributed by atoms with Gasteiger partial charge in [0.1, 0.15) is 0 Å². The summed E-state index contributed by atoms with van der Waals surface area (Å²) in [6.45, 7) is -1.00. The molecule has 9 nitrogen and oxygen atoms in total. The molecule has 106 heavy (non-hydrogen) atoms. The Kier molecular flexibility index (Phi) is 25.5. The van der Waals surface area contributed by atoms with Crippen molar-refractivity contribution in [3.63, 3.8) is 0 Å². The van der Waals surface area contributed by atoms with Crippen LogP contribution in [0.1, 0.15) is 153 Å². The van der Waals surface area contributed by atoms with Crippen molar-refractivity contribution in [2.45, 2.75) is 108 Å². The zero-order chi connectivity index (χ0) is 88.5. The smallest absolute Gasteiger partial charge is 0.400 e. The van der Waals surface area contributed by atoms with E-state index in [1.54, 1.807) is 24.3 Å². The number of aliphatic hydroxyl groups excluding tert-OH is 2. The van der Waals surface area contributed by atoms with Crippen LogP contribution >= 0.6 is 0 Å². The van der Waals surface area contributed by atoms with Gasteiger partial charge >= 0.3 is 35.7 Å². The maximum atomic E-state index is 10.7. The molecule has 15 heteroatoms. The standard InChI is InChI=1S/C29H27N.C29H26N.2C15H16N.CHF3O3S.2CH4O.2Ir/c2*1-3-7-22(8-4-1)23-11-13-24(14-12-23)25-15-17-26(18-16-25)28-19-20-30-29(21-28)27-9-5-2-6-10-27;2*1-11-5-7-14(13(3)9-11)15-8-6-12(2)10-16(15)4;2-1(3,4)8(5,6)7;2*1-2;;/h1-10,15-21,23-24H,11-14H2;1-9,15-21,23-24H,11-14H2;2*5-10H,3-4H2,1-2H3;(H,5,6,7);2*2H,1H3;;/q;3*-1;;;;;+3/i2*23D,24D;2*1D3,2D3;;;;;. The normalized spacial score (nSPS) is 20.4. The van der Waals surface area contributed by atoms with E-state index in [0.29, 0.717) is 85.0 Å². The Balaban J connectivity index is 0.000000243. The number of hydrogen-bond donors (Lipinski definition) is 3. The molecule has 14 rings (SSSR count). The average Bonchev–Trinajstić information content (AvgIpc) is 0.770. The average molecular weight is 1810 g/mol. The predicted octanol–water partition coefficient (Wildman–Crippen LogP) is 21.3. The molecule has 0 aliphatic heterocycles. The summed E-state index contributed by atoms with van der Waals surface area (Å²) in [5.74, 6) is -2.39. The van der Waals surface area contributed by atoms with Gasteiger partial charge in [0.05, 0.1) is 29.5 Å². The van der Waals surface area contributed by atoms with Crippen LogP contribution in [0.15, 0.2) is 274 Å². The maximum Gasteiger partial charge on any atom is 3.00 e. The second kappa shape index (κ2) is 42.2. The SMILES string of the molecule is CO.CO.O=S(=O)(O)C(F)(F)F.[2H]C([2H])([2H])c1ccc(-c2ccc(C([2H])([2H])[2H])c[n+]2[CH2-])c([CH2-])c1.[2H]C([2H])([2H])c1ccc(-c2ccc(C([2H])([2H])[2H])c[n+]2[CH2-])c([CH2-])c1.[2H]C1(c2ccccc2)CCC([2H])(c2ccc(-c3ccnc(-c4[c-]cccc4)c3)cc2)CC1.[2H]C1(c2ccccc2)CCC([2H])(c2ccc(-c3ccnc(-c4ccccc4)c3)cc2)CC1.[Ir+3].[Ir]. The molecule has 4 heterocycles. The minimum Gasteiger partial charge on any atom is -0.400 e. The van der Waals surface area contributed by atoms with Crippen LogP contribution in [-0.2, 0) is 50.3 Å². The first-order chi connectivity index (χ1) is 56.4. The maximum absolute atomic E-state index is 10.7. The monoisotopic (exact) mass is 1810 g/mol. The van der Waals surface area contributed by atoms with E-state index in [-0.39, 0.29) is 62.5 Å². The molecule has 0 atom stereocenters. The van der Waals surface area contributed by atoms with Crippen LogP contribution in [0.5, 0.6) is 0 Å². The number of benzene rings is 8. The van der Waals surface area contributed by atoms with Crippen LogP contribution in [-0.4, -0.2) is 52.9 Å². The van der Waals surface area contributed by atoms with E-state index in [9.17, 15) is 13.2 Å². The van der Waals surface area contributed by atoms with Gasteiger partial charge in [0.25, 0.3) is 0 Å². The fourth-order valence-corrected chi connectivity index (χ4v) is 12.0. The molecule has 0 unspecified atom stereocenters. The Labute approximate surface area is 676 Å². The minimum absolute atomic E-state index is 0. The summed E-state index contributed by atoms with van der Waals surface area (Å²) >= 11 is 0. The second-order valence-corrected chi connectivity index (χ2v) is 25.4. The van der Waals surface area contributed by atoms with Gasteiger partial charge in [0.15, 0.2) is 0 Å². The molecule has 2 fully saturated rings. The topological polar surface area (TPSA) is 128 Å². The zero-order valence-electron chi connectivity index (χ0n) is 74.6. The number of halogens is 3. The first-order valence-electron chi connectivity index (χ1n) is 41.3. The van der Waals surface area contributed by atoms with Crippen molar-refractivity contribution >= 4 is 10.1 Å². The molecule has 0 spiro atoms. The quantitative estimate of drug-likeness (QED) is 0.0538. The second-order valence-electron chi connectivity index (χ2n) is 24.0. The van der Waals surface area contributed by atoms with E-state index in [2.05, 4.69) is 141 Å². The predicted molar refractivity (Wildman–Crippen MR) is 417 cm³/mol. The van der Waals surface area contributed by atoms with Crippen molar-refractivity contribution < 1.29 is 108 Å². The van der Waals surface area contributed by atoms with E-state index in [4.69, 9.17) is 45.1 Å². The van der Waals surface area contributed by atoms with Gasteiger partial charge in [-0.1, -0.05) is 196 Å². The Morgan fingerprint density at radius 3 is 1.12 bits per heavy atom. The van der Waals surface area contributed by atoms with Gasteiger partial charge in [-0.2, -0.15) is 58.7 Å². The zero-order valence-corrected chi connectivity index (χ0v) is 64.2. The molecular weight excluding hydrogens is 1700 g/mol. The third-order valence-electron chi connectivity index (χ3n) is 17.2. The Morgan fingerprint density at radius 2 is 0.783 bits per heavy atom. The number of aliphatic hydroxyl groups is 2. The van der Waals surface area contributed by atoms with Gasteiger partial charge in [-0.05, 0) is 168 Å². The summed E-state index contributed by atoms with van der Waals surface area (Å²) in [6, 6.07) is 82.4. The number of nitrogens with zero attached hydrogens (tertiary/aromatic N) is 4. The van der Waals surface area contributed by atoms with Crippen LogP contribution in [0.3, 0.4) is 0 Å². The van der Waals surface area contributed by atoms with Gasteiger partial charge in [0.2, 0.25) is 0 Å². The van der Waals surface area contributed by atoms with Crippen LogP contribution in [0.25, 0.3) is 67.3 Å². The largest absolute Gasteiger partial charge is 3.00 e. The molecule has 0 bridgehead atoms. The molecular formula is C91H94F3Ir2N4O5S. The number of aryl methyl sites for hydroxylation is 4. The summed E-state index contributed by atoms with van der Waals surface area (Å²) in [7, 11) is 3.78. The van der Waals surface area contributed by atoms with Gasteiger partial charge in [-0.15, -0.1) is 70.3 Å². The summed E-state index contributed by atoms with van der Waals surface area (Å²) in [4.78, 5) is 9.02. The van der Waals surface area contributed by atoms with Crippen LogP contribution in [0, 0.1) is 61.4 Å². The molecule has 2 aliphatic carbocycles. The van der Waals surface area contributed by atoms with Crippen molar-refractivity contribution in [1.82, 2.24) is 9.97 Å². The van der Waals surface area contributed by atoms with Crippen molar-refractivity contribution in [3.8, 4) is 67.3 Å². The molecule has 4 aromatic heterocycles. The van der Waals surface area contributed by atoms with Crippen molar-refractivity contribution in [3.05, 3.63) is 363 Å². The Hall–Kier alpha value is -9.24. The third kappa shape index (κ3) is 24.7. The summed E-state index contributed by atoms with van der Waals surface area (Å²) in [6.07, 6.45) is 12.3. The minimum atomic E-state index is -5.84. The Morgan fingerprint density at radius 1 is 0.443 bits per heavy atom. The van der Waals surface area contributed by atoms with Gasteiger partial charge in [-0.25, -0.2) is 0 Å². The Bertz CT molecular complexity index is 5020. The molecule has 1 radical (unpaired) electrons. The number of pyridine rings is 4. The number of aromatic nitrogens is 4. The van der Waals surface area contributed by atoms with Crippen molar-refractivity contribution in [2.24, 2.45) is 0 Å². The van der Waals surface area contributed by atoms with Gasteiger partial charge in [-0.3, -0.25) is 9.54 Å². The molecule has 0 saturated heterocycles. The molecule has 553 valence electrons. The van der Waals surface area contributed by atoms with Crippen molar-refractivity contribution in [2.75, 3.05) is 14.2 Å². The fourth-order valence-electron chi connectivity index (χ4n) is 12.0. The molecule has 0 amide bonds. The van der Waals surface area contributed by atoms with Crippen LogP contribution < -0.4 is 9.13 Å². The molecule has 3 N–H and O–H groups in total. The third-order valence-corrected chi connectivity index (χ3v) is 17.8. The number of alkyl halides is 3. The van der Waals surface area contributed by atoms with E-state index in [1.807, 2.05) is 103 Å². The van der Waals surface area contributed by atoms with E-state index >= 15 is 0 Å². The van der Waals surface area contributed by atoms with Crippen LogP contribution in [0.2, 0.25) is 0 Å². The van der Waals surface area contributed by atoms with E-state index in [1.165, 1.54) is 57.9 Å². The number of rotatable bonds is 10. The first-order valence-corrected chi connectivity index (χ1v) is 34.7. The van der Waals surface area contributed by atoms with Crippen LogP contribution in [0.4, 0.5) is 13.2 Å². The fraction of sp³-hybridized carbons (Fsp3) is 0.209. The molecule has 2 aliphatic rings. The van der Waals surface area contributed by atoms with E-state index < -0.39 is 66.6 Å². The first kappa shape index (κ1) is 64.0. The molecule has 12 aromatic rings. The summed E-state index contributed by atoms with van der Waals surface area (Å²) < 4.78 is 185. The summed E-state index contributed by atoms with van der Waals surface area (Å²) in [5, 5.41) is 14.0. The van der Waals surface area contributed by atoms with Gasteiger partial charge in [0, 0.05) is 88.3 Å². The number of hydrogen-bond acceptors (Lipinski definition) is 6.